The number of nitrogens with zero attached hydrogens (tertiary/aromatic N) is 1. The first-order valence-corrected chi connectivity index (χ1v) is 7.25. The van der Waals surface area contributed by atoms with Gasteiger partial charge in [0.25, 0.3) is 0 Å². The van der Waals surface area contributed by atoms with E-state index in [0.29, 0.717) is 19.1 Å². The third kappa shape index (κ3) is 8.26. The van der Waals surface area contributed by atoms with Crippen molar-refractivity contribution in [3.05, 3.63) is 35.4 Å². The average molecular weight is 405 g/mol. The third-order valence-corrected chi connectivity index (χ3v) is 2.85. The topological polar surface area (TPSA) is 45.7 Å². The lowest BCUT2D eigenvalue weighted by atomic mass is 10.1. The highest BCUT2D eigenvalue weighted by Gasteiger charge is 2.02. The fourth-order valence-electron chi connectivity index (χ4n) is 1.81. The highest BCUT2D eigenvalue weighted by Crippen LogP contribution is 2.11. The number of nitrogens with one attached hydrogen (secondary N) is 2. The molecular formula is C16H28IN3O. The predicted molar refractivity (Wildman–Crippen MR) is 100 cm³/mol. The Morgan fingerprint density at radius 3 is 2.43 bits per heavy atom. The van der Waals surface area contributed by atoms with Crippen LogP contribution in [0.15, 0.2) is 29.3 Å². The van der Waals surface area contributed by atoms with Gasteiger partial charge in [-0.05, 0) is 24.0 Å². The molecule has 21 heavy (non-hydrogen) atoms. The average Bonchev–Trinajstić information content (AvgIpc) is 2.43. The van der Waals surface area contributed by atoms with E-state index in [2.05, 4.69) is 48.5 Å². The van der Waals surface area contributed by atoms with Crippen LogP contribution in [-0.4, -0.2) is 26.2 Å². The van der Waals surface area contributed by atoms with Gasteiger partial charge in [-0.1, -0.05) is 38.1 Å². The summed E-state index contributed by atoms with van der Waals surface area (Å²) in [4.78, 5) is 4.64. The number of benzene rings is 1. The van der Waals surface area contributed by atoms with E-state index in [-0.39, 0.29) is 24.0 Å². The smallest absolute Gasteiger partial charge is 0.191 e. The number of hydrogen-bond donors (Lipinski definition) is 2. The number of hydrogen-bond acceptors (Lipinski definition) is 2. The van der Waals surface area contributed by atoms with Crippen molar-refractivity contribution in [1.82, 2.24) is 10.6 Å². The van der Waals surface area contributed by atoms with Gasteiger partial charge in [0.15, 0.2) is 5.96 Å². The first-order valence-electron chi connectivity index (χ1n) is 7.25. The van der Waals surface area contributed by atoms with Crippen LogP contribution in [0.2, 0.25) is 0 Å². The van der Waals surface area contributed by atoms with E-state index in [0.717, 1.165) is 19.0 Å². The van der Waals surface area contributed by atoms with E-state index in [9.17, 15) is 0 Å². The van der Waals surface area contributed by atoms with Gasteiger partial charge < -0.3 is 15.4 Å². The Hall–Kier alpha value is -0.820. The molecule has 0 fully saturated rings. The Morgan fingerprint density at radius 1 is 1.19 bits per heavy atom. The number of ether oxygens (including phenoxy) is 1. The normalized spacial score (nSPS) is 11.2. The maximum atomic E-state index is 5.22. The highest BCUT2D eigenvalue weighted by molar-refractivity contribution is 14.0. The summed E-state index contributed by atoms with van der Waals surface area (Å²) in [6, 6.07) is 8.26. The largest absolute Gasteiger partial charge is 0.380 e. The monoisotopic (exact) mass is 405 g/mol. The molecule has 0 radical (unpaired) electrons. The van der Waals surface area contributed by atoms with Crippen LogP contribution in [-0.2, 0) is 17.9 Å². The van der Waals surface area contributed by atoms with Gasteiger partial charge in [-0.3, -0.25) is 0 Å². The van der Waals surface area contributed by atoms with Gasteiger partial charge in [-0.15, -0.1) is 24.0 Å². The maximum Gasteiger partial charge on any atom is 0.191 e. The summed E-state index contributed by atoms with van der Waals surface area (Å²) in [5.74, 6) is 1.47. The molecule has 0 aromatic heterocycles. The van der Waals surface area contributed by atoms with Crippen molar-refractivity contribution in [2.75, 3.05) is 20.2 Å². The van der Waals surface area contributed by atoms with Crippen LogP contribution in [0.1, 0.15) is 31.9 Å². The Balaban J connectivity index is 0.00000400. The number of guanidine groups is 1. The molecule has 0 saturated carbocycles. The lowest BCUT2D eigenvalue weighted by Crippen LogP contribution is -2.39. The van der Waals surface area contributed by atoms with E-state index in [1.54, 1.807) is 7.11 Å². The van der Waals surface area contributed by atoms with Crippen molar-refractivity contribution in [3.8, 4) is 0 Å². The summed E-state index contributed by atoms with van der Waals surface area (Å²) in [7, 11) is 1.72. The van der Waals surface area contributed by atoms with Crippen molar-refractivity contribution in [3.63, 3.8) is 0 Å². The van der Waals surface area contributed by atoms with Gasteiger partial charge in [0, 0.05) is 20.2 Å². The molecule has 0 atom stereocenters. The molecule has 2 N–H and O–H groups in total. The molecule has 0 bridgehead atoms. The van der Waals surface area contributed by atoms with Gasteiger partial charge in [0.1, 0.15) is 0 Å². The van der Waals surface area contributed by atoms with Gasteiger partial charge in [0.05, 0.1) is 13.2 Å². The van der Waals surface area contributed by atoms with E-state index >= 15 is 0 Å². The predicted octanol–water partition coefficient (Wildman–Crippen LogP) is 3.16. The first-order chi connectivity index (χ1) is 9.67. The standard InChI is InChI=1S/C16H27N3O.HI/c1-5-17-16(18-10-13(2)3)19-11-14-8-6-7-9-15(14)12-20-4;/h6-9,13H,5,10-12H2,1-4H3,(H2,17,18,19);1H. The summed E-state index contributed by atoms with van der Waals surface area (Å²) in [5.41, 5.74) is 2.40. The molecule has 120 valence electrons. The molecule has 0 spiro atoms. The Labute approximate surface area is 145 Å². The minimum Gasteiger partial charge on any atom is -0.380 e. The first kappa shape index (κ1) is 20.2. The van der Waals surface area contributed by atoms with Crippen LogP contribution in [0, 0.1) is 5.92 Å². The zero-order chi connectivity index (χ0) is 14.8. The number of aliphatic imine (C=N–C) groups is 1. The second kappa shape index (κ2) is 11.8. The zero-order valence-electron chi connectivity index (χ0n) is 13.5. The Bertz CT molecular complexity index is 422. The SMILES string of the molecule is CCNC(=NCc1ccccc1COC)NCC(C)C.I. The molecule has 4 nitrogen and oxygen atoms in total. The molecule has 0 amide bonds. The molecule has 5 heteroatoms. The van der Waals surface area contributed by atoms with E-state index in [1.807, 2.05) is 12.1 Å². The molecule has 0 unspecified atom stereocenters. The molecule has 0 heterocycles. The van der Waals surface area contributed by atoms with Crippen molar-refractivity contribution in [1.29, 1.82) is 0 Å². The van der Waals surface area contributed by atoms with E-state index in [4.69, 9.17) is 4.74 Å². The summed E-state index contributed by atoms with van der Waals surface area (Å²) in [6.45, 7) is 9.52. The Morgan fingerprint density at radius 2 is 1.86 bits per heavy atom. The molecule has 1 aromatic carbocycles. The van der Waals surface area contributed by atoms with Crippen molar-refractivity contribution < 1.29 is 4.74 Å². The van der Waals surface area contributed by atoms with Crippen molar-refractivity contribution in [2.45, 2.75) is 33.9 Å². The van der Waals surface area contributed by atoms with Crippen LogP contribution in [0.25, 0.3) is 0 Å². The third-order valence-electron chi connectivity index (χ3n) is 2.85. The second-order valence-corrected chi connectivity index (χ2v) is 5.17. The van der Waals surface area contributed by atoms with Gasteiger partial charge in [0.2, 0.25) is 0 Å². The van der Waals surface area contributed by atoms with Crippen LogP contribution in [0.3, 0.4) is 0 Å². The molecule has 0 aliphatic heterocycles. The van der Waals surface area contributed by atoms with Gasteiger partial charge >= 0.3 is 0 Å². The zero-order valence-corrected chi connectivity index (χ0v) is 15.8. The second-order valence-electron chi connectivity index (χ2n) is 5.17. The molecule has 0 saturated heterocycles. The maximum absolute atomic E-state index is 5.22. The number of halogens is 1. The van der Waals surface area contributed by atoms with E-state index < -0.39 is 0 Å². The van der Waals surface area contributed by atoms with Crippen LogP contribution in [0.5, 0.6) is 0 Å². The fourth-order valence-corrected chi connectivity index (χ4v) is 1.81. The number of methoxy groups -OCH3 is 1. The number of rotatable bonds is 7. The summed E-state index contributed by atoms with van der Waals surface area (Å²) in [6.07, 6.45) is 0. The molecule has 1 aromatic rings. The van der Waals surface area contributed by atoms with E-state index in [1.165, 1.54) is 11.1 Å². The van der Waals surface area contributed by atoms with Crippen LogP contribution < -0.4 is 10.6 Å². The minimum atomic E-state index is 0. The molecule has 0 aliphatic carbocycles. The highest BCUT2D eigenvalue weighted by atomic mass is 127. The van der Waals surface area contributed by atoms with Crippen molar-refractivity contribution in [2.24, 2.45) is 10.9 Å². The van der Waals surface area contributed by atoms with Gasteiger partial charge in [-0.25, -0.2) is 4.99 Å². The summed E-state index contributed by atoms with van der Waals surface area (Å²) in [5, 5.41) is 6.62. The van der Waals surface area contributed by atoms with Crippen LogP contribution >= 0.6 is 24.0 Å². The summed E-state index contributed by atoms with van der Waals surface area (Å²) >= 11 is 0. The quantitative estimate of drug-likeness (QED) is 0.416. The molecular weight excluding hydrogens is 377 g/mol. The Kier molecular flexibility index (Phi) is 11.3. The minimum absolute atomic E-state index is 0. The molecule has 0 aliphatic rings. The van der Waals surface area contributed by atoms with Crippen molar-refractivity contribution >= 4 is 29.9 Å². The molecule has 1 rings (SSSR count). The fraction of sp³-hybridized carbons (Fsp3) is 0.562. The van der Waals surface area contributed by atoms with Crippen LogP contribution in [0.4, 0.5) is 0 Å². The summed E-state index contributed by atoms with van der Waals surface area (Å²) < 4.78 is 5.22. The van der Waals surface area contributed by atoms with Gasteiger partial charge in [-0.2, -0.15) is 0 Å². The lowest BCUT2D eigenvalue weighted by Gasteiger charge is -2.13. The lowest BCUT2D eigenvalue weighted by molar-refractivity contribution is 0.184.